The highest BCUT2D eigenvalue weighted by molar-refractivity contribution is 5.94. The summed E-state index contributed by atoms with van der Waals surface area (Å²) >= 11 is 0. The number of ether oxygens (including phenoxy) is 1. The Bertz CT molecular complexity index is 734. The van der Waals surface area contributed by atoms with Gasteiger partial charge in [-0.15, -0.1) is 0 Å². The van der Waals surface area contributed by atoms with Crippen LogP contribution in [0.3, 0.4) is 0 Å². The summed E-state index contributed by atoms with van der Waals surface area (Å²) in [7, 11) is 0. The molecule has 0 radical (unpaired) electrons. The van der Waals surface area contributed by atoms with E-state index in [0.29, 0.717) is 24.8 Å². The van der Waals surface area contributed by atoms with Crippen LogP contribution in [0.4, 0.5) is 0 Å². The maximum absolute atomic E-state index is 12.8. The molecule has 1 aliphatic carbocycles. The highest BCUT2D eigenvalue weighted by atomic mass is 16.5. The van der Waals surface area contributed by atoms with Crippen LogP contribution in [0.15, 0.2) is 35.9 Å². The molecule has 0 saturated heterocycles. The largest absolute Gasteiger partial charge is 0.486 e. The van der Waals surface area contributed by atoms with Gasteiger partial charge < -0.3 is 25.2 Å². The molecule has 3 N–H and O–H groups in total. The number of hydrogen-bond acceptors (Lipinski definition) is 5. The molecule has 166 valence electrons. The second-order valence-electron chi connectivity index (χ2n) is 7.60. The predicted molar refractivity (Wildman–Crippen MR) is 115 cm³/mol. The summed E-state index contributed by atoms with van der Waals surface area (Å²) in [4.78, 5) is 27.1. The molecule has 0 fully saturated rings. The zero-order valence-electron chi connectivity index (χ0n) is 18.0. The summed E-state index contributed by atoms with van der Waals surface area (Å²) < 4.78 is 6.18. The number of carbonyl (C=O) groups is 2. The van der Waals surface area contributed by atoms with Crippen molar-refractivity contribution in [3.05, 3.63) is 41.5 Å². The van der Waals surface area contributed by atoms with Gasteiger partial charge in [-0.05, 0) is 37.5 Å². The van der Waals surface area contributed by atoms with Crippen LogP contribution in [0.2, 0.25) is 0 Å². The molecule has 0 heterocycles. The molecule has 1 aromatic rings. The minimum atomic E-state index is -0.375. The molecular weight excluding hydrogens is 384 g/mol. The van der Waals surface area contributed by atoms with Crippen molar-refractivity contribution >= 4 is 11.8 Å². The van der Waals surface area contributed by atoms with Gasteiger partial charge in [0.25, 0.3) is 0 Å². The number of aliphatic hydroxyl groups excluding tert-OH is 2. The number of carbonyl (C=O) groups excluding carboxylic acids is 2. The molecular formula is C23H34N2O5. The zero-order valence-corrected chi connectivity index (χ0v) is 18.0. The van der Waals surface area contributed by atoms with Crippen LogP contribution in [0.5, 0.6) is 5.75 Å². The third kappa shape index (κ3) is 6.85. The Morgan fingerprint density at radius 2 is 2.00 bits per heavy atom. The lowest BCUT2D eigenvalue weighted by molar-refractivity contribution is -0.135. The molecule has 0 spiro atoms. The maximum atomic E-state index is 12.8. The van der Waals surface area contributed by atoms with E-state index in [1.807, 2.05) is 44.2 Å². The Morgan fingerprint density at radius 1 is 1.23 bits per heavy atom. The van der Waals surface area contributed by atoms with E-state index in [-0.39, 0.29) is 50.3 Å². The lowest BCUT2D eigenvalue weighted by Gasteiger charge is -2.37. The van der Waals surface area contributed by atoms with E-state index < -0.39 is 0 Å². The monoisotopic (exact) mass is 418 g/mol. The standard InChI is InChI=1S/C23H34N2O5/c1-3-4-9-22(28)25(11-13-27)19-14-18(23(29)24-10-12-26)15-20(16-19)30-21-8-6-5-7-17(21)2/h5-8,15,19-20,26-27H,3-4,9-14,16H2,1-2H3,(H,24,29). The topological polar surface area (TPSA) is 99.1 Å². The minimum absolute atomic E-state index is 0.0115. The first-order chi connectivity index (χ1) is 14.5. The second kappa shape index (κ2) is 12.3. The van der Waals surface area contributed by atoms with Crippen molar-refractivity contribution in [2.75, 3.05) is 26.3 Å². The molecule has 1 aliphatic rings. The first-order valence-electron chi connectivity index (χ1n) is 10.7. The molecule has 2 rings (SSSR count). The van der Waals surface area contributed by atoms with E-state index in [0.717, 1.165) is 24.2 Å². The van der Waals surface area contributed by atoms with Crippen LogP contribution in [0, 0.1) is 6.92 Å². The molecule has 1 aromatic carbocycles. The Morgan fingerprint density at radius 3 is 2.67 bits per heavy atom. The minimum Gasteiger partial charge on any atom is -0.486 e. The Kier molecular flexibility index (Phi) is 9.83. The maximum Gasteiger partial charge on any atom is 0.247 e. The van der Waals surface area contributed by atoms with Crippen LogP contribution in [0.1, 0.15) is 44.6 Å². The normalized spacial score (nSPS) is 18.5. The number of para-hydroxylation sites is 1. The van der Waals surface area contributed by atoms with Gasteiger partial charge in [0.15, 0.2) is 0 Å². The summed E-state index contributed by atoms with van der Waals surface area (Å²) in [6, 6.07) is 7.44. The third-order valence-electron chi connectivity index (χ3n) is 5.25. The van der Waals surface area contributed by atoms with E-state index in [1.165, 1.54) is 0 Å². The molecule has 7 heteroatoms. The summed E-state index contributed by atoms with van der Waals surface area (Å²) in [5.74, 6) is 0.459. The fraction of sp³-hybridized carbons (Fsp3) is 0.565. The molecule has 2 unspecified atom stereocenters. The Hall–Kier alpha value is -2.38. The number of nitrogens with one attached hydrogen (secondary N) is 1. The van der Waals surface area contributed by atoms with Gasteiger partial charge >= 0.3 is 0 Å². The molecule has 0 aromatic heterocycles. The lowest BCUT2D eigenvalue weighted by Crippen LogP contribution is -2.47. The molecule has 2 amide bonds. The molecule has 0 bridgehead atoms. The zero-order chi connectivity index (χ0) is 21.9. The van der Waals surface area contributed by atoms with Crippen LogP contribution >= 0.6 is 0 Å². The van der Waals surface area contributed by atoms with Crippen molar-refractivity contribution in [1.82, 2.24) is 10.2 Å². The third-order valence-corrected chi connectivity index (χ3v) is 5.25. The number of aliphatic hydroxyl groups is 2. The number of hydrogen-bond donors (Lipinski definition) is 3. The van der Waals surface area contributed by atoms with Crippen molar-refractivity contribution < 1.29 is 24.5 Å². The smallest absolute Gasteiger partial charge is 0.247 e. The van der Waals surface area contributed by atoms with Gasteiger partial charge in [-0.25, -0.2) is 0 Å². The highest BCUT2D eigenvalue weighted by Gasteiger charge is 2.32. The fourth-order valence-corrected chi connectivity index (χ4v) is 3.68. The van der Waals surface area contributed by atoms with E-state index in [1.54, 1.807) is 4.90 Å². The van der Waals surface area contributed by atoms with E-state index in [4.69, 9.17) is 9.84 Å². The Labute approximate surface area is 178 Å². The van der Waals surface area contributed by atoms with Crippen molar-refractivity contribution in [1.29, 1.82) is 0 Å². The van der Waals surface area contributed by atoms with Gasteiger partial charge in [0, 0.05) is 37.5 Å². The summed E-state index contributed by atoms with van der Waals surface area (Å²) in [5, 5.41) is 21.2. The number of unbranched alkanes of at least 4 members (excludes halogenated alkanes) is 1. The number of aryl methyl sites for hydroxylation is 1. The van der Waals surface area contributed by atoms with Gasteiger partial charge in [-0.1, -0.05) is 31.5 Å². The van der Waals surface area contributed by atoms with Gasteiger partial charge in [-0.2, -0.15) is 0 Å². The Balaban J connectivity index is 2.25. The number of amides is 2. The first-order valence-corrected chi connectivity index (χ1v) is 10.7. The number of rotatable bonds is 11. The second-order valence-corrected chi connectivity index (χ2v) is 7.60. The summed E-state index contributed by atoms with van der Waals surface area (Å²) in [6.07, 6.45) is 4.49. The molecule has 0 aliphatic heterocycles. The SMILES string of the molecule is CCCCC(=O)N(CCO)C1CC(C(=O)NCCO)=CC(Oc2ccccc2C)C1. The van der Waals surface area contributed by atoms with Gasteiger partial charge in [0.1, 0.15) is 11.9 Å². The van der Waals surface area contributed by atoms with E-state index in [9.17, 15) is 14.7 Å². The quantitative estimate of drug-likeness (QED) is 0.510. The van der Waals surface area contributed by atoms with Gasteiger partial charge in [0.2, 0.25) is 11.8 Å². The molecule has 7 nitrogen and oxygen atoms in total. The van der Waals surface area contributed by atoms with Gasteiger partial charge in [-0.3, -0.25) is 9.59 Å². The molecule has 30 heavy (non-hydrogen) atoms. The van der Waals surface area contributed by atoms with Crippen LogP contribution in [-0.4, -0.2) is 65.4 Å². The average Bonchev–Trinajstić information content (AvgIpc) is 2.75. The van der Waals surface area contributed by atoms with Crippen molar-refractivity contribution in [2.24, 2.45) is 0 Å². The number of benzene rings is 1. The predicted octanol–water partition coefficient (Wildman–Crippen LogP) is 1.95. The van der Waals surface area contributed by atoms with Gasteiger partial charge in [0.05, 0.1) is 13.2 Å². The van der Waals surface area contributed by atoms with E-state index in [2.05, 4.69) is 5.32 Å². The van der Waals surface area contributed by atoms with Crippen LogP contribution in [-0.2, 0) is 9.59 Å². The highest BCUT2D eigenvalue weighted by Crippen LogP contribution is 2.28. The molecule has 2 atom stereocenters. The van der Waals surface area contributed by atoms with Crippen molar-refractivity contribution in [3.8, 4) is 5.75 Å². The fourth-order valence-electron chi connectivity index (χ4n) is 3.68. The summed E-state index contributed by atoms with van der Waals surface area (Å²) in [5.41, 5.74) is 1.52. The van der Waals surface area contributed by atoms with Crippen LogP contribution in [0.25, 0.3) is 0 Å². The lowest BCUT2D eigenvalue weighted by atomic mass is 9.90. The molecule has 0 saturated carbocycles. The van der Waals surface area contributed by atoms with Crippen molar-refractivity contribution in [3.63, 3.8) is 0 Å². The van der Waals surface area contributed by atoms with Crippen LogP contribution < -0.4 is 10.1 Å². The van der Waals surface area contributed by atoms with E-state index >= 15 is 0 Å². The number of nitrogens with zero attached hydrogens (tertiary/aromatic N) is 1. The summed E-state index contributed by atoms with van der Waals surface area (Å²) in [6.45, 7) is 4.12. The average molecular weight is 419 g/mol. The van der Waals surface area contributed by atoms with Crippen molar-refractivity contribution in [2.45, 2.75) is 58.1 Å². The first kappa shape index (κ1) is 23.9.